The summed E-state index contributed by atoms with van der Waals surface area (Å²) < 4.78 is 0. The van der Waals surface area contributed by atoms with E-state index in [0.717, 1.165) is 25.9 Å². The number of amides is 2. The Morgan fingerprint density at radius 2 is 1.90 bits per heavy atom. The smallest absolute Gasteiger partial charge is 0.247 e. The Morgan fingerprint density at radius 3 is 2.40 bits per heavy atom. The summed E-state index contributed by atoms with van der Waals surface area (Å²) in [7, 11) is 2.12. The van der Waals surface area contributed by atoms with Crippen molar-refractivity contribution >= 4 is 11.8 Å². The number of unbranched alkanes of at least 4 members (excludes halogenated alkanes) is 1. The van der Waals surface area contributed by atoms with Crippen LogP contribution >= 0.6 is 0 Å². The summed E-state index contributed by atoms with van der Waals surface area (Å²) in [5.41, 5.74) is 0. The number of hydrogen-bond acceptors (Lipinski definition) is 4. The molecule has 1 atom stereocenters. The van der Waals surface area contributed by atoms with Crippen LogP contribution in [0.5, 0.6) is 0 Å². The molecular formula is C15H29N3O2. The molecule has 5 heteroatoms. The number of nitrogens with one attached hydrogen (secondary N) is 1. The summed E-state index contributed by atoms with van der Waals surface area (Å²) in [6.07, 6.45) is 2.43. The summed E-state index contributed by atoms with van der Waals surface area (Å²) in [4.78, 5) is 27.5. The fraction of sp³-hybridized carbons (Fsp3) is 0.867. The molecule has 5 nitrogen and oxygen atoms in total. The van der Waals surface area contributed by atoms with Gasteiger partial charge >= 0.3 is 0 Å². The highest BCUT2D eigenvalue weighted by molar-refractivity contribution is 6.05. The molecule has 1 fully saturated rings. The molecule has 0 spiro atoms. The van der Waals surface area contributed by atoms with Gasteiger partial charge in [-0.25, -0.2) is 0 Å². The van der Waals surface area contributed by atoms with Crippen LogP contribution in [-0.4, -0.2) is 59.9 Å². The minimum atomic E-state index is -0.312. The molecule has 0 aromatic heterocycles. The Kier molecular flexibility index (Phi) is 6.62. The van der Waals surface area contributed by atoms with E-state index in [2.05, 4.69) is 31.1 Å². The zero-order valence-corrected chi connectivity index (χ0v) is 13.5. The number of nitrogens with zero attached hydrogens (tertiary/aromatic N) is 2. The van der Waals surface area contributed by atoms with Crippen molar-refractivity contribution in [3.05, 3.63) is 0 Å². The highest BCUT2D eigenvalue weighted by Crippen LogP contribution is 2.16. The van der Waals surface area contributed by atoms with E-state index in [0.29, 0.717) is 12.5 Å². The van der Waals surface area contributed by atoms with Gasteiger partial charge in [0.2, 0.25) is 11.8 Å². The molecule has 0 aliphatic carbocycles. The topological polar surface area (TPSA) is 52.7 Å². The lowest BCUT2D eigenvalue weighted by molar-refractivity contribution is -0.140. The summed E-state index contributed by atoms with van der Waals surface area (Å²) >= 11 is 0. The van der Waals surface area contributed by atoms with Crippen molar-refractivity contribution in [2.75, 3.05) is 20.1 Å². The van der Waals surface area contributed by atoms with Crippen LogP contribution in [0.2, 0.25) is 0 Å². The van der Waals surface area contributed by atoms with Crippen LogP contribution < -0.4 is 5.32 Å². The molecule has 0 aromatic carbocycles. The third-order valence-corrected chi connectivity index (χ3v) is 3.91. The molecule has 0 aromatic rings. The van der Waals surface area contributed by atoms with E-state index in [9.17, 15) is 9.59 Å². The average Bonchev–Trinajstić information content (AvgIpc) is 2.63. The van der Waals surface area contributed by atoms with Crippen molar-refractivity contribution in [3.63, 3.8) is 0 Å². The molecule has 1 rings (SSSR count). The fourth-order valence-corrected chi connectivity index (χ4v) is 2.37. The van der Waals surface area contributed by atoms with Crippen LogP contribution in [0.4, 0.5) is 0 Å². The van der Waals surface area contributed by atoms with Crippen molar-refractivity contribution < 1.29 is 9.59 Å². The van der Waals surface area contributed by atoms with Gasteiger partial charge in [0, 0.05) is 12.1 Å². The van der Waals surface area contributed by atoms with Gasteiger partial charge in [0.1, 0.15) is 0 Å². The molecule has 0 bridgehead atoms. The van der Waals surface area contributed by atoms with Crippen LogP contribution in [0.25, 0.3) is 0 Å². The van der Waals surface area contributed by atoms with Crippen LogP contribution in [0.15, 0.2) is 0 Å². The minimum Gasteiger partial charge on any atom is -0.305 e. The van der Waals surface area contributed by atoms with Gasteiger partial charge in [-0.2, -0.15) is 0 Å². The van der Waals surface area contributed by atoms with Gasteiger partial charge in [-0.3, -0.25) is 14.5 Å². The molecule has 1 saturated heterocycles. The van der Waals surface area contributed by atoms with Gasteiger partial charge in [0.15, 0.2) is 0 Å². The third-order valence-electron chi connectivity index (χ3n) is 3.91. The van der Waals surface area contributed by atoms with E-state index in [1.54, 1.807) is 0 Å². The summed E-state index contributed by atoms with van der Waals surface area (Å²) in [6, 6.07) is 0.214. The van der Waals surface area contributed by atoms with Gasteiger partial charge in [0.05, 0.1) is 12.5 Å². The normalized spacial score (nSPS) is 20.0. The standard InChI is InChI=1S/C15H29N3O2/c1-11(2)17(5)9-7-6-8-16-13-10-14(19)18(12(3)4)15(13)20/h11-13,16H,6-10H2,1-5H3. The first kappa shape index (κ1) is 17.1. The lowest BCUT2D eigenvalue weighted by Gasteiger charge is -2.21. The number of imide groups is 1. The van der Waals surface area contributed by atoms with E-state index in [-0.39, 0.29) is 23.9 Å². The number of carbonyl (C=O) groups excluding carboxylic acids is 2. The van der Waals surface area contributed by atoms with Gasteiger partial charge < -0.3 is 10.2 Å². The highest BCUT2D eigenvalue weighted by Gasteiger charge is 2.39. The molecule has 116 valence electrons. The lowest BCUT2D eigenvalue weighted by Crippen LogP contribution is -2.42. The fourth-order valence-electron chi connectivity index (χ4n) is 2.37. The van der Waals surface area contributed by atoms with Gasteiger partial charge in [-0.05, 0) is 60.7 Å². The summed E-state index contributed by atoms with van der Waals surface area (Å²) in [5.74, 6) is -0.119. The van der Waals surface area contributed by atoms with Gasteiger partial charge in [-0.15, -0.1) is 0 Å². The number of carbonyl (C=O) groups is 2. The Bertz CT molecular complexity index is 342. The van der Waals surface area contributed by atoms with E-state index in [1.807, 2.05) is 13.8 Å². The molecule has 1 N–H and O–H groups in total. The van der Waals surface area contributed by atoms with Crippen molar-refractivity contribution in [1.29, 1.82) is 0 Å². The molecule has 2 amide bonds. The largest absolute Gasteiger partial charge is 0.305 e. The first-order valence-corrected chi connectivity index (χ1v) is 7.64. The average molecular weight is 283 g/mol. The van der Waals surface area contributed by atoms with Gasteiger partial charge in [-0.1, -0.05) is 0 Å². The molecule has 1 aliphatic rings. The quantitative estimate of drug-likeness (QED) is 0.538. The van der Waals surface area contributed by atoms with Crippen LogP contribution in [0.1, 0.15) is 47.0 Å². The van der Waals surface area contributed by atoms with E-state index < -0.39 is 0 Å². The summed E-state index contributed by atoms with van der Waals surface area (Å²) in [6.45, 7) is 9.97. The van der Waals surface area contributed by atoms with E-state index in [4.69, 9.17) is 0 Å². The van der Waals surface area contributed by atoms with Crippen LogP contribution in [-0.2, 0) is 9.59 Å². The molecule has 1 unspecified atom stereocenters. The highest BCUT2D eigenvalue weighted by atomic mass is 16.2. The van der Waals surface area contributed by atoms with Gasteiger partial charge in [0.25, 0.3) is 0 Å². The van der Waals surface area contributed by atoms with Crippen molar-refractivity contribution in [2.45, 2.75) is 65.1 Å². The zero-order valence-electron chi connectivity index (χ0n) is 13.5. The maximum absolute atomic E-state index is 12.1. The Balaban J connectivity index is 2.23. The maximum Gasteiger partial charge on any atom is 0.247 e. The molecule has 1 aliphatic heterocycles. The van der Waals surface area contributed by atoms with Crippen molar-refractivity contribution in [3.8, 4) is 0 Å². The molecule has 0 saturated carbocycles. The predicted molar refractivity (Wildman–Crippen MR) is 80.4 cm³/mol. The zero-order chi connectivity index (χ0) is 15.3. The predicted octanol–water partition coefficient (Wildman–Crippen LogP) is 1.23. The second kappa shape index (κ2) is 7.74. The molecule has 1 heterocycles. The lowest BCUT2D eigenvalue weighted by atomic mass is 10.2. The number of likely N-dealkylation sites (tertiary alicyclic amines) is 1. The SMILES string of the molecule is CC(C)N(C)CCCCNC1CC(=O)N(C(C)C)C1=O. The van der Waals surface area contributed by atoms with Crippen LogP contribution in [0.3, 0.4) is 0 Å². The Labute approximate surface area is 122 Å². The molecule has 20 heavy (non-hydrogen) atoms. The second-order valence-electron chi connectivity index (χ2n) is 6.19. The molecule has 0 radical (unpaired) electrons. The van der Waals surface area contributed by atoms with Crippen molar-refractivity contribution in [1.82, 2.24) is 15.1 Å². The van der Waals surface area contributed by atoms with Crippen molar-refractivity contribution in [2.24, 2.45) is 0 Å². The third kappa shape index (κ3) is 4.56. The Morgan fingerprint density at radius 1 is 1.25 bits per heavy atom. The minimum absolute atomic E-state index is 0.0403. The number of rotatable bonds is 8. The Hall–Kier alpha value is -0.940. The first-order valence-electron chi connectivity index (χ1n) is 7.64. The second-order valence-corrected chi connectivity index (χ2v) is 6.19. The first-order chi connectivity index (χ1) is 9.34. The maximum atomic E-state index is 12.1. The van der Waals surface area contributed by atoms with Crippen LogP contribution in [0, 0.1) is 0 Å². The monoisotopic (exact) mass is 283 g/mol. The van der Waals surface area contributed by atoms with E-state index in [1.165, 1.54) is 4.90 Å². The molecular weight excluding hydrogens is 254 g/mol. The summed E-state index contributed by atoms with van der Waals surface area (Å²) in [5, 5.41) is 3.22. The van der Waals surface area contributed by atoms with E-state index >= 15 is 0 Å². The number of hydrogen-bond donors (Lipinski definition) is 1.